The Bertz CT molecular complexity index is 687. The highest BCUT2D eigenvalue weighted by atomic mass is 16.5. The normalized spacial score (nSPS) is 19.6. The zero-order valence-electron chi connectivity index (χ0n) is 13.2. The quantitative estimate of drug-likeness (QED) is 0.791. The summed E-state index contributed by atoms with van der Waals surface area (Å²) in [6.45, 7) is 0. The first kappa shape index (κ1) is 15.3. The maximum absolute atomic E-state index is 12.3. The summed E-state index contributed by atoms with van der Waals surface area (Å²) in [4.78, 5) is 12.3. The third-order valence-corrected chi connectivity index (χ3v) is 4.01. The molecule has 1 unspecified atom stereocenters. The van der Waals surface area contributed by atoms with Crippen molar-refractivity contribution < 1.29 is 14.3 Å². The van der Waals surface area contributed by atoms with Gasteiger partial charge in [-0.25, -0.2) is 0 Å². The van der Waals surface area contributed by atoms with Crippen LogP contribution < -0.4 is 9.47 Å². The minimum atomic E-state index is -0.0297. The lowest BCUT2D eigenvalue weighted by molar-refractivity contribution is -0.118. The average Bonchev–Trinajstić information content (AvgIpc) is 2.59. The molecule has 3 heteroatoms. The molecule has 0 N–H and O–H groups in total. The first-order chi connectivity index (χ1) is 11.2. The van der Waals surface area contributed by atoms with Gasteiger partial charge in [-0.3, -0.25) is 4.79 Å². The van der Waals surface area contributed by atoms with Gasteiger partial charge in [0.1, 0.15) is 17.6 Å². The predicted molar refractivity (Wildman–Crippen MR) is 90.7 cm³/mol. The Balaban J connectivity index is 1.64. The smallest absolute Gasteiger partial charge is 0.162 e. The summed E-state index contributed by atoms with van der Waals surface area (Å²) >= 11 is 0. The average molecular weight is 308 g/mol. The molecule has 0 spiro atoms. The second-order valence-corrected chi connectivity index (χ2v) is 5.66. The molecule has 23 heavy (non-hydrogen) atoms. The van der Waals surface area contributed by atoms with Crippen molar-refractivity contribution in [1.82, 2.24) is 0 Å². The fourth-order valence-electron chi connectivity index (χ4n) is 2.74. The zero-order valence-corrected chi connectivity index (χ0v) is 13.2. The van der Waals surface area contributed by atoms with Crippen LogP contribution in [0.25, 0.3) is 6.08 Å². The number of benzene rings is 2. The fraction of sp³-hybridized carbons (Fsp3) is 0.250. The molecule has 0 radical (unpaired) electrons. The lowest BCUT2D eigenvalue weighted by atomic mass is 9.90. The molecule has 1 fully saturated rings. The molecule has 0 aromatic heterocycles. The van der Waals surface area contributed by atoms with Crippen LogP contribution >= 0.6 is 0 Å². The summed E-state index contributed by atoms with van der Waals surface area (Å²) in [5.41, 5.74) is 1.90. The second kappa shape index (κ2) is 7.14. The minimum absolute atomic E-state index is 0.0297. The Morgan fingerprint density at radius 1 is 1.00 bits per heavy atom. The number of carbonyl (C=O) groups is 1. The number of para-hydroxylation sites is 1. The molecule has 3 rings (SSSR count). The third-order valence-electron chi connectivity index (χ3n) is 4.01. The van der Waals surface area contributed by atoms with Crippen molar-refractivity contribution in [2.45, 2.75) is 25.4 Å². The van der Waals surface area contributed by atoms with E-state index < -0.39 is 0 Å². The summed E-state index contributed by atoms with van der Waals surface area (Å²) in [5, 5.41) is 0. The third kappa shape index (κ3) is 4.01. The van der Waals surface area contributed by atoms with E-state index in [4.69, 9.17) is 9.47 Å². The molecule has 2 aromatic rings. The Kier molecular flexibility index (Phi) is 4.77. The lowest BCUT2D eigenvalue weighted by Crippen LogP contribution is -2.26. The molecular formula is C20H20O3. The molecule has 3 nitrogen and oxygen atoms in total. The van der Waals surface area contributed by atoms with E-state index in [0.29, 0.717) is 6.42 Å². The number of rotatable bonds is 4. The number of hydrogen-bond acceptors (Lipinski definition) is 3. The van der Waals surface area contributed by atoms with Crippen LogP contribution in [0.1, 0.15) is 24.8 Å². The van der Waals surface area contributed by atoms with E-state index in [-0.39, 0.29) is 11.9 Å². The van der Waals surface area contributed by atoms with Gasteiger partial charge in [0.25, 0.3) is 0 Å². The highest BCUT2D eigenvalue weighted by molar-refractivity contribution is 6.00. The summed E-state index contributed by atoms with van der Waals surface area (Å²) in [6.07, 6.45) is 4.00. The van der Waals surface area contributed by atoms with Crippen LogP contribution in [0.4, 0.5) is 0 Å². The number of Topliss-reactive ketones (excluding diaryl/α,β-unsaturated/α-hetero) is 1. The standard InChI is InChI=1S/C20H20O3/c1-22-17-10-7-15(8-11-17)13-16-9-12-19(14-20(16)21)23-18-5-3-2-4-6-18/h2-8,10-11,13,19H,9,12,14H2,1H3/b16-13-. The van der Waals surface area contributed by atoms with E-state index in [1.807, 2.05) is 60.7 Å². The molecule has 0 saturated heterocycles. The van der Waals surface area contributed by atoms with Crippen LogP contribution in [0.5, 0.6) is 11.5 Å². The van der Waals surface area contributed by atoms with Crippen LogP contribution in [0.3, 0.4) is 0 Å². The van der Waals surface area contributed by atoms with Crippen molar-refractivity contribution >= 4 is 11.9 Å². The molecule has 1 atom stereocenters. The van der Waals surface area contributed by atoms with Gasteiger partial charge in [-0.05, 0) is 54.3 Å². The number of allylic oxidation sites excluding steroid dienone is 1. The van der Waals surface area contributed by atoms with Crippen LogP contribution in [0.2, 0.25) is 0 Å². The first-order valence-corrected chi connectivity index (χ1v) is 7.84. The van der Waals surface area contributed by atoms with E-state index in [1.165, 1.54) is 0 Å². The molecular weight excluding hydrogens is 288 g/mol. The van der Waals surface area contributed by atoms with Crippen molar-refractivity contribution in [3.63, 3.8) is 0 Å². The monoisotopic (exact) mass is 308 g/mol. The number of carbonyl (C=O) groups excluding carboxylic acids is 1. The van der Waals surface area contributed by atoms with Gasteiger partial charge in [0, 0.05) is 6.42 Å². The number of ketones is 1. The van der Waals surface area contributed by atoms with Crippen molar-refractivity contribution in [2.24, 2.45) is 0 Å². The van der Waals surface area contributed by atoms with Gasteiger partial charge < -0.3 is 9.47 Å². The molecule has 118 valence electrons. The highest BCUT2D eigenvalue weighted by Gasteiger charge is 2.24. The van der Waals surface area contributed by atoms with Crippen molar-refractivity contribution in [3.8, 4) is 11.5 Å². The van der Waals surface area contributed by atoms with Gasteiger partial charge in [0.15, 0.2) is 5.78 Å². The number of methoxy groups -OCH3 is 1. The SMILES string of the molecule is COc1ccc(/C=C2/CCC(Oc3ccccc3)CC2=O)cc1. The topological polar surface area (TPSA) is 35.5 Å². The number of ether oxygens (including phenoxy) is 2. The van der Waals surface area contributed by atoms with Gasteiger partial charge in [0.2, 0.25) is 0 Å². The molecule has 0 bridgehead atoms. The summed E-state index contributed by atoms with van der Waals surface area (Å²) < 4.78 is 11.0. The van der Waals surface area contributed by atoms with Gasteiger partial charge in [-0.15, -0.1) is 0 Å². The molecule has 1 saturated carbocycles. The van der Waals surface area contributed by atoms with Gasteiger partial charge >= 0.3 is 0 Å². The minimum Gasteiger partial charge on any atom is -0.497 e. The number of hydrogen-bond donors (Lipinski definition) is 0. The Labute approximate surface area is 136 Å². The van der Waals surface area contributed by atoms with Crippen molar-refractivity contribution in [1.29, 1.82) is 0 Å². The largest absolute Gasteiger partial charge is 0.497 e. The van der Waals surface area contributed by atoms with Crippen LogP contribution in [-0.4, -0.2) is 19.0 Å². The van der Waals surface area contributed by atoms with E-state index in [2.05, 4.69) is 0 Å². The van der Waals surface area contributed by atoms with Gasteiger partial charge in [-0.1, -0.05) is 30.3 Å². The van der Waals surface area contributed by atoms with Crippen LogP contribution in [0.15, 0.2) is 60.2 Å². The fourth-order valence-corrected chi connectivity index (χ4v) is 2.74. The highest BCUT2D eigenvalue weighted by Crippen LogP contribution is 2.26. The lowest BCUT2D eigenvalue weighted by Gasteiger charge is -2.24. The van der Waals surface area contributed by atoms with Crippen LogP contribution in [0, 0.1) is 0 Å². The Morgan fingerprint density at radius 2 is 1.74 bits per heavy atom. The molecule has 0 amide bonds. The van der Waals surface area contributed by atoms with Crippen LogP contribution in [-0.2, 0) is 4.79 Å². The van der Waals surface area contributed by atoms with E-state index >= 15 is 0 Å². The molecule has 0 aliphatic heterocycles. The summed E-state index contributed by atoms with van der Waals surface area (Å²) in [5.74, 6) is 1.82. The second-order valence-electron chi connectivity index (χ2n) is 5.66. The zero-order chi connectivity index (χ0) is 16.1. The first-order valence-electron chi connectivity index (χ1n) is 7.84. The maximum atomic E-state index is 12.3. The molecule has 2 aromatic carbocycles. The Morgan fingerprint density at radius 3 is 2.39 bits per heavy atom. The van der Waals surface area contributed by atoms with Crippen molar-refractivity contribution in [3.05, 3.63) is 65.7 Å². The Hall–Kier alpha value is -2.55. The predicted octanol–water partition coefficient (Wildman–Crippen LogP) is 4.28. The molecule has 1 aliphatic carbocycles. The van der Waals surface area contributed by atoms with Gasteiger partial charge in [0.05, 0.1) is 7.11 Å². The van der Waals surface area contributed by atoms with Gasteiger partial charge in [-0.2, -0.15) is 0 Å². The summed E-state index contributed by atoms with van der Waals surface area (Å²) in [6, 6.07) is 17.4. The van der Waals surface area contributed by atoms with E-state index in [9.17, 15) is 4.79 Å². The molecule has 0 heterocycles. The van der Waals surface area contributed by atoms with E-state index in [0.717, 1.165) is 35.5 Å². The molecule has 1 aliphatic rings. The van der Waals surface area contributed by atoms with E-state index in [1.54, 1.807) is 7.11 Å². The summed E-state index contributed by atoms with van der Waals surface area (Å²) in [7, 11) is 1.64. The maximum Gasteiger partial charge on any atom is 0.162 e. The van der Waals surface area contributed by atoms with Crippen molar-refractivity contribution in [2.75, 3.05) is 7.11 Å².